The van der Waals surface area contributed by atoms with Crippen LogP contribution in [0.5, 0.6) is 0 Å². The number of fused-ring (bicyclic) bond motifs is 18. The number of hydrogen-bond acceptors (Lipinski definition) is 3. The van der Waals surface area contributed by atoms with Gasteiger partial charge in [-0.25, -0.2) is 9.97 Å². The van der Waals surface area contributed by atoms with Gasteiger partial charge in [0.25, 0.3) is 0 Å². The molecule has 0 bridgehead atoms. The minimum Gasteiger partial charge on any atom is -0.452 e. The molecular weight excluding hydrogens is 745 g/mol. The van der Waals surface area contributed by atoms with E-state index in [9.17, 15) is 0 Å². The molecule has 4 heterocycles. The molecule has 61 heavy (non-hydrogen) atoms. The third-order valence-corrected chi connectivity index (χ3v) is 12.9. The fraction of sp³-hybridized carbons (Fsp3) is 0. The zero-order chi connectivity index (χ0) is 39.8. The van der Waals surface area contributed by atoms with Crippen LogP contribution in [0.25, 0.3) is 132 Å². The SMILES string of the molecule is c1ccc(-n2c3ccccc3c3ccc(-c4nc(-n5c6ccc7c8ccccc8c8ccccc8c7c6c6ccc7ccccc7c65)nc5c4oc4ccccc45)cc32)cc1. The summed E-state index contributed by atoms with van der Waals surface area (Å²) in [5.41, 5.74) is 9.42. The third kappa shape index (κ3) is 4.44. The highest BCUT2D eigenvalue weighted by Crippen LogP contribution is 2.46. The van der Waals surface area contributed by atoms with E-state index < -0.39 is 0 Å². The van der Waals surface area contributed by atoms with Crippen LogP contribution in [0, 0.1) is 0 Å². The molecule has 0 aliphatic carbocycles. The second-order valence-corrected chi connectivity index (χ2v) is 16.1. The van der Waals surface area contributed by atoms with Gasteiger partial charge in [-0.05, 0) is 74.8 Å². The second-order valence-electron chi connectivity index (χ2n) is 16.1. The van der Waals surface area contributed by atoms with Crippen molar-refractivity contribution in [3.63, 3.8) is 0 Å². The Morgan fingerprint density at radius 3 is 1.80 bits per heavy atom. The van der Waals surface area contributed by atoms with Crippen molar-refractivity contribution < 1.29 is 4.42 Å². The van der Waals surface area contributed by atoms with E-state index in [-0.39, 0.29) is 0 Å². The Morgan fingerprint density at radius 1 is 0.377 bits per heavy atom. The molecule has 0 radical (unpaired) electrons. The van der Waals surface area contributed by atoms with Crippen LogP contribution in [0.2, 0.25) is 0 Å². The van der Waals surface area contributed by atoms with Crippen molar-refractivity contribution >= 4 is 109 Å². The maximum absolute atomic E-state index is 6.75. The Hall–Kier alpha value is -8.28. The first kappa shape index (κ1) is 32.7. The van der Waals surface area contributed by atoms with Crippen LogP contribution in [-0.4, -0.2) is 19.1 Å². The van der Waals surface area contributed by atoms with Crippen molar-refractivity contribution in [3.05, 3.63) is 194 Å². The standard InChI is InChI=1S/C56H32N4O/c1-2-15-35(16-3-1)59-46-24-12-10-21-40(46)41-28-27-34(32-48(41)59)52-55-53(44-23-11-13-25-49(44)61-55)58-56(57-52)60-47-31-30-43-39-20-7-6-18-37(39)38-19-8-9-22-42(38)50(43)51(47)45-29-26-33-14-4-5-17-36(33)54(45)60/h1-32H. The Kier molecular flexibility index (Phi) is 6.49. The molecular formula is C56H32N4O. The maximum atomic E-state index is 6.75. The summed E-state index contributed by atoms with van der Waals surface area (Å²) in [7, 11) is 0. The van der Waals surface area contributed by atoms with Gasteiger partial charge in [-0.1, -0.05) is 152 Å². The number of para-hydroxylation sites is 3. The van der Waals surface area contributed by atoms with E-state index in [0.717, 1.165) is 71.7 Å². The van der Waals surface area contributed by atoms with Crippen LogP contribution < -0.4 is 0 Å². The van der Waals surface area contributed by atoms with Gasteiger partial charge < -0.3 is 8.98 Å². The average Bonchev–Trinajstić information content (AvgIpc) is 3.99. The van der Waals surface area contributed by atoms with Gasteiger partial charge >= 0.3 is 0 Å². The van der Waals surface area contributed by atoms with Gasteiger partial charge in [0, 0.05) is 49.0 Å². The Labute approximate surface area is 347 Å². The van der Waals surface area contributed by atoms with Gasteiger partial charge in [-0.15, -0.1) is 0 Å². The molecule has 4 aromatic heterocycles. The van der Waals surface area contributed by atoms with Crippen molar-refractivity contribution in [3.8, 4) is 22.9 Å². The van der Waals surface area contributed by atoms with Gasteiger partial charge in [-0.3, -0.25) is 4.57 Å². The number of hydrogen-bond donors (Lipinski definition) is 0. The fourth-order valence-electron chi connectivity index (χ4n) is 10.3. The topological polar surface area (TPSA) is 48.8 Å². The van der Waals surface area contributed by atoms with E-state index in [4.69, 9.17) is 14.4 Å². The molecule has 14 aromatic rings. The molecule has 282 valence electrons. The van der Waals surface area contributed by atoms with Crippen LogP contribution in [0.1, 0.15) is 0 Å². The quantitative estimate of drug-likeness (QED) is 0.168. The van der Waals surface area contributed by atoms with Gasteiger partial charge in [0.1, 0.15) is 16.8 Å². The summed E-state index contributed by atoms with van der Waals surface area (Å²) in [5, 5.41) is 15.4. The van der Waals surface area contributed by atoms with Gasteiger partial charge in [-0.2, -0.15) is 0 Å². The second kappa shape index (κ2) is 12.1. The molecule has 10 aromatic carbocycles. The molecule has 0 saturated carbocycles. The predicted molar refractivity (Wildman–Crippen MR) is 253 cm³/mol. The smallest absolute Gasteiger partial charge is 0.236 e. The largest absolute Gasteiger partial charge is 0.452 e. The number of aromatic nitrogens is 4. The van der Waals surface area contributed by atoms with E-state index >= 15 is 0 Å². The summed E-state index contributed by atoms with van der Waals surface area (Å²) >= 11 is 0. The summed E-state index contributed by atoms with van der Waals surface area (Å²) in [5.74, 6) is 0.596. The van der Waals surface area contributed by atoms with Crippen molar-refractivity contribution in [2.75, 3.05) is 0 Å². The Balaban J connectivity index is 1.15. The highest BCUT2D eigenvalue weighted by molar-refractivity contribution is 6.36. The molecule has 14 rings (SSSR count). The van der Waals surface area contributed by atoms with E-state index in [0.29, 0.717) is 11.5 Å². The monoisotopic (exact) mass is 776 g/mol. The summed E-state index contributed by atoms with van der Waals surface area (Å²) in [6, 6.07) is 69.5. The van der Waals surface area contributed by atoms with E-state index in [2.05, 4.69) is 191 Å². The van der Waals surface area contributed by atoms with Crippen molar-refractivity contribution in [1.82, 2.24) is 19.1 Å². The van der Waals surface area contributed by atoms with E-state index in [1.165, 1.54) is 48.5 Å². The van der Waals surface area contributed by atoms with Gasteiger partial charge in [0.15, 0.2) is 5.58 Å². The predicted octanol–water partition coefficient (Wildman–Crippen LogP) is 14.8. The molecule has 0 spiro atoms. The highest BCUT2D eigenvalue weighted by Gasteiger charge is 2.25. The van der Waals surface area contributed by atoms with Crippen molar-refractivity contribution in [1.29, 1.82) is 0 Å². The maximum Gasteiger partial charge on any atom is 0.236 e. The molecule has 0 aliphatic rings. The van der Waals surface area contributed by atoms with E-state index in [1.54, 1.807) is 0 Å². The Morgan fingerprint density at radius 2 is 0.984 bits per heavy atom. The van der Waals surface area contributed by atoms with Crippen molar-refractivity contribution in [2.45, 2.75) is 0 Å². The van der Waals surface area contributed by atoms with Crippen LogP contribution in [0.15, 0.2) is 199 Å². The molecule has 0 amide bonds. The van der Waals surface area contributed by atoms with Gasteiger partial charge in [0.05, 0.1) is 22.1 Å². The minimum absolute atomic E-state index is 0.596. The molecule has 0 atom stereocenters. The summed E-state index contributed by atoms with van der Waals surface area (Å²) in [4.78, 5) is 11.1. The van der Waals surface area contributed by atoms with Crippen LogP contribution in [-0.2, 0) is 0 Å². The van der Waals surface area contributed by atoms with Crippen LogP contribution in [0.4, 0.5) is 0 Å². The number of rotatable bonds is 3. The zero-order valence-corrected chi connectivity index (χ0v) is 32.7. The van der Waals surface area contributed by atoms with Crippen LogP contribution >= 0.6 is 0 Å². The summed E-state index contributed by atoms with van der Waals surface area (Å²) in [6.07, 6.45) is 0. The molecule has 5 nitrogen and oxygen atoms in total. The lowest BCUT2D eigenvalue weighted by Gasteiger charge is -2.13. The number of benzene rings is 10. The first-order valence-corrected chi connectivity index (χ1v) is 20.8. The molecule has 0 fully saturated rings. The highest BCUT2D eigenvalue weighted by atomic mass is 16.3. The minimum atomic E-state index is 0.596. The van der Waals surface area contributed by atoms with Crippen LogP contribution in [0.3, 0.4) is 0 Å². The fourth-order valence-corrected chi connectivity index (χ4v) is 10.3. The van der Waals surface area contributed by atoms with Gasteiger partial charge in [0.2, 0.25) is 5.95 Å². The average molecular weight is 777 g/mol. The zero-order valence-electron chi connectivity index (χ0n) is 32.7. The summed E-state index contributed by atoms with van der Waals surface area (Å²) in [6.45, 7) is 0. The lowest BCUT2D eigenvalue weighted by Crippen LogP contribution is -2.03. The molecule has 0 unspecified atom stereocenters. The Bertz CT molecular complexity index is 4140. The number of nitrogens with zero attached hydrogens (tertiary/aromatic N) is 4. The molecule has 0 N–H and O–H groups in total. The first-order chi connectivity index (χ1) is 30.3. The molecule has 0 aliphatic heterocycles. The third-order valence-electron chi connectivity index (χ3n) is 12.9. The lowest BCUT2D eigenvalue weighted by molar-refractivity contribution is 0.666. The van der Waals surface area contributed by atoms with Crippen molar-refractivity contribution in [2.24, 2.45) is 0 Å². The normalized spacial score (nSPS) is 12.3. The van der Waals surface area contributed by atoms with E-state index in [1.807, 2.05) is 12.1 Å². The lowest BCUT2D eigenvalue weighted by atomic mass is 9.91. The first-order valence-electron chi connectivity index (χ1n) is 20.8. The molecule has 0 saturated heterocycles. The summed E-state index contributed by atoms with van der Waals surface area (Å²) < 4.78 is 11.4. The molecule has 5 heteroatoms. The number of furan rings is 1.